The van der Waals surface area contributed by atoms with Crippen LogP contribution in [0, 0.1) is 5.92 Å². The number of likely N-dealkylation sites (tertiary alicyclic amines) is 1. The zero-order chi connectivity index (χ0) is 34.2. The number of rotatable bonds is 13. The fourth-order valence-electron chi connectivity index (χ4n) is 5.85. The van der Waals surface area contributed by atoms with Crippen molar-refractivity contribution in [2.24, 2.45) is 23.2 Å². The van der Waals surface area contributed by atoms with E-state index in [2.05, 4.69) is 26.1 Å². The van der Waals surface area contributed by atoms with Gasteiger partial charge >= 0.3 is 6.03 Å². The van der Waals surface area contributed by atoms with Crippen molar-refractivity contribution < 1.29 is 32.4 Å². The Hall–Kier alpha value is -3.80. The second-order valence-corrected chi connectivity index (χ2v) is 14.5. The van der Waals surface area contributed by atoms with Crippen LogP contribution in [0.15, 0.2) is 29.2 Å². The van der Waals surface area contributed by atoms with E-state index in [0.29, 0.717) is 18.5 Å². The Morgan fingerprint density at radius 2 is 1.63 bits per heavy atom. The summed E-state index contributed by atoms with van der Waals surface area (Å²) in [6.45, 7) is 5.15. The Kier molecular flexibility index (Phi) is 12.5. The van der Waals surface area contributed by atoms with Crippen LogP contribution in [0.25, 0.3) is 0 Å². The molecule has 17 heteroatoms. The number of anilines is 1. The molecule has 1 aromatic carbocycles. The summed E-state index contributed by atoms with van der Waals surface area (Å²) in [4.78, 5) is 66.2. The summed E-state index contributed by atoms with van der Waals surface area (Å²) in [6.07, 6.45) is 3.82. The number of nitrogen functional groups attached to an aromatic ring is 1. The molecule has 256 valence electrons. The zero-order valence-electron chi connectivity index (χ0n) is 26.5. The highest BCUT2D eigenvalue weighted by Crippen LogP contribution is 2.30. The van der Waals surface area contributed by atoms with Crippen molar-refractivity contribution >= 4 is 45.2 Å². The number of hydrazine groups is 1. The molecule has 11 N–H and O–H groups in total. The first-order chi connectivity index (χ1) is 21.6. The smallest absolute Gasteiger partial charge is 0.315 e. The van der Waals surface area contributed by atoms with Gasteiger partial charge in [0, 0.05) is 23.8 Å². The number of nitrogens with two attached hydrogens (primary N) is 3. The largest absolute Gasteiger partial charge is 0.363 e. The monoisotopic (exact) mass is 665 g/mol. The topological polar surface area (TPSA) is 261 Å². The van der Waals surface area contributed by atoms with Gasteiger partial charge in [-0.3, -0.25) is 25.0 Å². The Labute approximate surface area is 269 Å². The molecule has 1 aliphatic carbocycles. The summed E-state index contributed by atoms with van der Waals surface area (Å²) in [5.41, 5.74) is 13.1. The molecule has 0 radical (unpaired) electrons. The van der Waals surface area contributed by atoms with Gasteiger partial charge in [0.05, 0.1) is 10.9 Å². The lowest BCUT2D eigenvalue weighted by molar-refractivity contribution is -0.143. The quantitative estimate of drug-likeness (QED) is 0.0735. The highest BCUT2D eigenvalue weighted by atomic mass is 32.2. The van der Waals surface area contributed by atoms with Crippen LogP contribution in [0.2, 0.25) is 0 Å². The molecule has 16 nitrogen and oxygen atoms in total. The molecule has 3 rings (SSSR count). The number of carbonyl (C=O) groups is 5. The van der Waals surface area contributed by atoms with E-state index in [1.54, 1.807) is 20.8 Å². The molecule has 1 aromatic rings. The third-order valence-corrected chi connectivity index (χ3v) is 9.57. The van der Waals surface area contributed by atoms with E-state index in [1.807, 2.05) is 0 Å². The normalized spacial score (nSPS) is 20.3. The molecule has 0 spiro atoms. The maximum atomic E-state index is 14.3. The average Bonchev–Trinajstić information content (AvgIpc) is 3.41. The molecular weight excluding hydrogens is 618 g/mol. The number of nitrogens with zero attached hydrogens (tertiary/aromatic N) is 1. The summed E-state index contributed by atoms with van der Waals surface area (Å²) in [7, 11) is -4.10. The van der Waals surface area contributed by atoms with E-state index >= 15 is 0 Å². The summed E-state index contributed by atoms with van der Waals surface area (Å²) in [5.74, 6) is 1.50. The van der Waals surface area contributed by atoms with Gasteiger partial charge in [0.1, 0.15) is 12.1 Å². The van der Waals surface area contributed by atoms with Crippen LogP contribution < -0.4 is 43.4 Å². The lowest BCUT2D eigenvalue weighted by Gasteiger charge is -2.35. The molecule has 4 atom stereocenters. The third-order valence-electron chi connectivity index (χ3n) is 8.03. The highest BCUT2D eigenvalue weighted by molar-refractivity contribution is 7.89. The number of carbonyl (C=O) groups excluding carboxylic acids is 5. The fourth-order valence-corrected chi connectivity index (χ4v) is 7.09. The first-order valence-corrected chi connectivity index (χ1v) is 16.9. The van der Waals surface area contributed by atoms with Gasteiger partial charge in [-0.25, -0.2) is 17.9 Å². The minimum Gasteiger partial charge on any atom is -0.363 e. The van der Waals surface area contributed by atoms with E-state index in [9.17, 15) is 32.4 Å². The number of urea groups is 1. The SMILES string of the molecule is CC(C)(C)NC(=O)NC(C(=O)N1CC(NS(=O)(=O)c2ccc(NN)cc2)CC1C(=O)NC(CCN)C(=O)C(N)=O)C1CCCCC1. The maximum Gasteiger partial charge on any atom is 0.315 e. The predicted octanol–water partition coefficient (Wildman–Crippen LogP) is -0.845. The molecule has 0 aromatic heterocycles. The summed E-state index contributed by atoms with van der Waals surface area (Å²) >= 11 is 0. The predicted molar refractivity (Wildman–Crippen MR) is 170 cm³/mol. The second kappa shape index (κ2) is 15.7. The molecule has 2 aliphatic rings. The van der Waals surface area contributed by atoms with Crippen LogP contribution >= 0.6 is 0 Å². The number of hydrogen-bond acceptors (Lipinski definition) is 10. The van der Waals surface area contributed by atoms with Crippen LogP contribution in [0.1, 0.15) is 65.7 Å². The zero-order valence-corrected chi connectivity index (χ0v) is 27.3. The van der Waals surface area contributed by atoms with Crippen LogP contribution in [0.5, 0.6) is 0 Å². The summed E-state index contributed by atoms with van der Waals surface area (Å²) in [6, 6.07) is 0.610. The van der Waals surface area contributed by atoms with Crippen molar-refractivity contribution in [2.45, 2.75) is 100 Å². The number of Topliss-reactive ketones (excluding diaryl/α,β-unsaturated/α-hetero) is 1. The van der Waals surface area contributed by atoms with E-state index < -0.39 is 69.3 Å². The Morgan fingerprint density at radius 3 is 2.17 bits per heavy atom. The second-order valence-electron chi connectivity index (χ2n) is 12.8. The molecule has 2 fully saturated rings. The van der Waals surface area contributed by atoms with Crippen molar-refractivity contribution in [1.29, 1.82) is 0 Å². The number of nitrogens with one attached hydrogen (secondary N) is 5. The van der Waals surface area contributed by atoms with Crippen LogP contribution in [0.4, 0.5) is 10.5 Å². The first-order valence-electron chi connectivity index (χ1n) is 15.4. The van der Waals surface area contributed by atoms with Crippen molar-refractivity contribution in [3.8, 4) is 0 Å². The van der Waals surface area contributed by atoms with E-state index in [4.69, 9.17) is 17.3 Å². The maximum absolute atomic E-state index is 14.3. The summed E-state index contributed by atoms with van der Waals surface area (Å²) in [5, 5.41) is 8.10. The van der Waals surface area contributed by atoms with Gasteiger partial charge < -0.3 is 37.7 Å². The van der Waals surface area contributed by atoms with Crippen molar-refractivity contribution in [3.63, 3.8) is 0 Å². The number of primary amides is 1. The van der Waals surface area contributed by atoms with E-state index in [-0.39, 0.29) is 36.7 Å². The number of sulfonamides is 1. The molecule has 5 amide bonds. The van der Waals surface area contributed by atoms with Crippen LogP contribution in [0.3, 0.4) is 0 Å². The van der Waals surface area contributed by atoms with E-state index in [1.165, 1.54) is 29.2 Å². The molecule has 1 aliphatic heterocycles. The molecule has 1 saturated carbocycles. The number of ketones is 1. The minimum atomic E-state index is -4.10. The van der Waals surface area contributed by atoms with E-state index in [0.717, 1.165) is 19.3 Å². The minimum absolute atomic E-state index is 0.0469. The lowest BCUT2D eigenvalue weighted by Crippen LogP contribution is -2.60. The van der Waals surface area contributed by atoms with Gasteiger partial charge in [0.15, 0.2) is 0 Å². The van der Waals surface area contributed by atoms with Gasteiger partial charge in [-0.1, -0.05) is 19.3 Å². The first kappa shape index (κ1) is 36.7. The van der Waals surface area contributed by atoms with Crippen LogP contribution in [-0.2, 0) is 29.2 Å². The average molecular weight is 666 g/mol. The van der Waals surface area contributed by atoms with Crippen molar-refractivity contribution in [1.82, 2.24) is 25.6 Å². The standard InChI is InChI=1S/C29H47N9O7S/c1-29(2,3)35-28(43)34-23(17-7-5-4-6-8-17)27(42)38-16-19(37-46(44,45)20-11-9-18(36-32)10-12-20)15-22(38)26(41)33-21(13-14-30)24(39)25(31)40/h9-12,17,19,21-23,36-37H,4-8,13-16,30,32H2,1-3H3,(H2,31,40)(H,33,41)(H2,34,35,43). The van der Waals surface area contributed by atoms with Gasteiger partial charge in [-0.15, -0.1) is 0 Å². The van der Waals surface area contributed by atoms with Gasteiger partial charge in [-0.05, 0) is 83.2 Å². The number of benzene rings is 1. The molecule has 46 heavy (non-hydrogen) atoms. The summed E-state index contributed by atoms with van der Waals surface area (Å²) < 4.78 is 29.1. The highest BCUT2D eigenvalue weighted by Gasteiger charge is 2.46. The third kappa shape index (κ3) is 9.85. The van der Waals surface area contributed by atoms with Gasteiger partial charge in [-0.2, -0.15) is 0 Å². The van der Waals surface area contributed by atoms with Crippen molar-refractivity contribution in [3.05, 3.63) is 24.3 Å². The molecule has 1 heterocycles. The Morgan fingerprint density at radius 1 is 1.00 bits per heavy atom. The van der Waals surface area contributed by atoms with Gasteiger partial charge in [0.2, 0.25) is 27.6 Å². The molecule has 4 unspecified atom stereocenters. The number of hydrogen-bond donors (Lipinski definition) is 8. The Bertz CT molecular complexity index is 1380. The Balaban J connectivity index is 1.94. The molecule has 1 saturated heterocycles. The molecular formula is C29H47N9O7S. The number of amides is 5. The van der Waals surface area contributed by atoms with Crippen LogP contribution in [-0.4, -0.2) is 85.6 Å². The van der Waals surface area contributed by atoms with Gasteiger partial charge in [0.25, 0.3) is 5.91 Å². The molecule has 0 bridgehead atoms. The lowest BCUT2D eigenvalue weighted by atomic mass is 9.83. The fraction of sp³-hybridized carbons (Fsp3) is 0.621. The van der Waals surface area contributed by atoms with Crippen molar-refractivity contribution in [2.75, 3.05) is 18.5 Å².